The molecule has 2 aromatic carbocycles. The van der Waals surface area contributed by atoms with E-state index in [9.17, 15) is 0 Å². The Morgan fingerprint density at radius 2 is 1.89 bits per heavy atom. The van der Waals surface area contributed by atoms with E-state index >= 15 is 0 Å². The molecule has 0 aliphatic carbocycles. The van der Waals surface area contributed by atoms with Gasteiger partial charge in [-0.3, -0.25) is 4.90 Å². The van der Waals surface area contributed by atoms with E-state index in [0.717, 1.165) is 42.3 Å². The third-order valence-corrected chi connectivity index (χ3v) is 5.48. The van der Waals surface area contributed by atoms with E-state index in [1.54, 1.807) is 7.11 Å². The number of aryl methyl sites for hydroxylation is 2. The summed E-state index contributed by atoms with van der Waals surface area (Å²) in [5.74, 6) is 2.58. The Morgan fingerprint density at radius 1 is 1.11 bits per heavy atom. The first-order chi connectivity index (χ1) is 13.2. The lowest BCUT2D eigenvalue weighted by molar-refractivity contribution is 0.239. The van der Waals surface area contributed by atoms with Crippen molar-refractivity contribution in [2.24, 2.45) is 0 Å². The van der Waals surface area contributed by atoms with E-state index in [1.807, 2.05) is 31.2 Å². The molecule has 1 atom stereocenters. The zero-order chi connectivity index (χ0) is 18.8. The van der Waals surface area contributed by atoms with Gasteiger partial charge in [-0.1, -0.05) is 36.4 Å². The molecule has 1 aromatic heterocycles. The quantitative estimate of drug-likeness (QED) is 0.617. The number of nitrogens with zero attached hydrogens (tertiary/aromatic N) is 2. The molecule has 0 bridgehead atoms. The molecule has 0 saturated carbocycles. The van der Waals surface area contributed by atoms with Crippen molar-refractivity contribution in [3.8, 4) is 17.2 Å². The number of ether oxygens (including phenoxy) is 1. The third kappa shape index (κ3) is 3.50. The molecule has 4 rings (SSSR count). The van der Waals surface area contributed by atoms with Crippen LogP contribution in [0.25, 0.3) is 11.5 Å². The lowest BCUT2D eigenvalue weighted by atomic mass is 10.0. The average Bonchev–Trinajstić information content (AvgIpc) is 3.29. The molecule has 0 radical (unpaired) electrons. The Bertz CT molecular complexity index is 932. The Morgan fingerprint density at radius 3 is 2.70 bits per heavy atom. The minimum atomic E-state index is 0.360. The standard InChI is InChI=1S/C23H26N2O2/c1-16-9-4-5-10-18(16)23-24-20(17(2)27-23)15-25-14-8-12-21(25)19-11-6-7-13-22(19)26-3/h4-7,9-11,13,21H,8,12,14-15H2,1-3H3. The molecule has 1 fully saturated rings. The van der Waals surface area contributed by atoms with E-state index < -0.39 is 0 Å². The van der Waals surface area contributed by atoms with Gasteiger partial charge in [-0.15, -0.1) is 0 Å². The molecule has 140 valence electrons. The molecule has 3 aromatic rings. The van der Waals surface area contributed by atoms with Crippen molar-refractivity contribution in [3.63, 3.8) is 0 Å². The Balaban J connectivity index is 1.59. The minimum Gasteiger partial charge on any atom is -0.496 e. The van der Waals surface area contributed by atoms with E-state index in [2.05, 4.69) is 36.1 Å². The molecule has 2 heterocycles. The zero-order valence-corrected chi connectivity index (χ0v) is 16.2. The van der Waals surface area contributed by atoms with E-state index in [0.29, 0.717) is 11.9 Å². The van der Waals surface area contributed by atoms with Crippen molar-refractivity contribution in [2.75, 3.05) is 13.7 Å². The van der Waals surface area contributed by atoms with E-state index in [1.165, 1.54) is 17.5 Å². The van der Waals surface area contributed by atoms with Gasteiger partial charge in [0.05, 0.1) is 12.8 Å². The van der Waals surface area contributed by atoms with Crippen LogP contribution in [0.15, 0.2) is 52.9 Å². The van der Waals surface area contributed by atoms with Gasteiger partial charge in [-0.25, -0.2) is 4.98 Å². The summed E-state index contributed by atoms with van der Waals surface area (Å²) in [5.41, 5.74) is 4.53. The molecule has 4 heteroatoms. The summed E-state index contributed by atoms with van der Waals surface area (Å²) < 4.78 is 11.6. The van der Waals surface area contributed by atoms with E-state index in [-0.39, 0.29) is 0 Å². The molecule has 1 unspecified atom stereocenters. The lowest BCUT2D eigenvalue weighted by Crippen LogP contribution is -2.23. The number of hydrogen-bond acceptors (Lipinski definition) is 4. The molecule has 4 nitrogen and oxygen atoms in total. The first-order valence-electron chi connectivity index (χ1n) is 9.56. The first kappa shape index (κ1) is 17.8. The third-order valence-electron chi connectivity index (χ3n) is 5.48. The van der Waals surface area contributed by atoms with Crippen LogP contribution in [0, 0.1) is 13.8 Å². The summed E-state index contributed by atoms with van der Waals surface area (Å²) >= 11 is 0. The second-order valence-electron chi connectivity index (χ2n) is 7.21. The predicted molar refractivity (Wildman–Crippen MR) is 107 cm³/mol. The number of methoxy groups -OCH3 is 1. The number of hydrogen-bond donors (Lipinski definition) is 0. The van der Waals surface area contributed by atoms with Gasteiger partial charge in [0, 0.05) is 23.7 Å². The average molecular weight is 362 g/mol. The summed E-state index contributed by atoms with van der Waals surface area (Å²) in [7, 11) is 1.74. The predicted octanol–water partition coefficient (Wildman–Crippen LogP) is 5.30. The van der Waals surface area contributed by atoms with Crippen LogP contribution in [0.5, 0.6) is 5.75 Å². The van der Waals surface area contributed by atoms with Gasteiger partial charge in [0.25, 0.3) is 0 Å². The molecule has 0 spiro atoms. The van der Waals surface area contributed by atoms with Crippen LogP contribution in [0.4, 0.5) is 0 Å². The minimum absolute atomic E-state index is 0.360. The highest BCUT2D eigenvalue weighted by atomic mass is 16.5. The number of benzene rings is 2. The van der Waals surface area contributed by atoms with Gasteiger partial charge in [-0.2, -0.15) is 0 Å². The van der Waals surface area contributed by atoms with Gasteiger partial charge >= 0.3 is 0 Å². The monoisotopic (exact) mass is 362 g/mol. The largest absolute Gasteiger partial charge is 0.496 e. The highest BCUT2D eigenvalue weighted by Gasteiger charge is 2.29. The zero-order valence-electron chi connectivity index (χ0n) is 16.2. The number of aromatic nitrogens is 1. The van der Waals surface area contributed by atoms with Crippen LogP contribution in [0.1, 0.15) is 41.5 Å². The Labute approximate surface area is 160 Å². The summed E-state index contributed by atoms with van der Waals surface area (Å²) in [4.78, 5) is 7.33. The van der Waals surface area contributed by atoms with Crippen molar-refractivity contribution in [2.45, 2.75) is 39.3 Å². The van der Waals surface area contributed by atoms with Crippen LogP contribution < -0.4 is 4.74 Å². The molecule has 0 N–H and O–H groups in total. The molecular weight excluding hydrogens is 336 g/mol. The number of oxazole rings is 1. The summed E-state index contributed by atoms with van der Waals surface area (Å²) in [6.45, 7) is 5.96. The van der Waals surface area contributed by atoms with Crippen LogP contribution in [0.3, 0.4) is 0 Å². The fraction of sp³-hybridized carbons (Fsp3) is 0.348. The fourth-order valence-electron chi connectivity index (χ4n) is 4.00. The second kappa shape index (κ2) is 7.57. The Hall–Kier alpha value is -2.59. The van der Waals surface area contributed by atoms with Gasteiger partial charge in [0.15, 0.2) is 0 Å². The van der Waals surface area contributed by atoms with E-state index in [4.69, 9.17) is 14.1 Å². The van der Waals surface area contributed by atoms with Crippen LogP contribution in [-0.2, 0) is 6.54 Å². The van der Waals surface area contributed by atoms with Gasteiger partial charge in [0.1, 0.15) is 11.5 Å². The van der Waals surface area contributed by atoms with Crippen molar-refractivity contribution >= 4 is 0 Å². The molecule has 1 aliphatic rings. The summed E-state index contributed by atoms with van der Waals surface area (Å²) in [6, 6.07) is 16.9. The van der Waals surface area contributed by atoms with Gasteiger partial charge in [-0.05, 0) is 50.9 Å². The van der Waals surface area contributed by atoms with Crippen molar-refractivity contribution < 1.29 is 9.15 Å². The maximum Gasteiger partial charge on any atom is 0.226 e. The number of rotatable bonds is 5. The van der Waals surface area contributed by atoms with Crippen LogP contribution >= 0.6 is 0 Å². The second-order valence-corrected chi connectivity index (χ2v) is 7.21. The Kier molecular flexibility index (Phi) is 4.99. The molecule has 1 saturated heterocycles. The van der Waals surface area contributed by atoms with Crippen molar-refractivity contribution in [1.82, 2.24) is 9.88 Å². The maximum absolute atomic E-state index is 6.02. The summed E-state index contributed by atoms with van der Waals surface area (Å²) in [6.07, 6.45) is 2.33. The first-order valence-corrected chi connectivity index (χ1v) is 9.56. The highest BCUT2D eigenvalue weighted by Crippen LogP contribution is 2.38. The van der Waals surface area contributed by atoms with Gasteiger partial charge < -0.3 is 9.15 Å². The van der Waals surface area contributed by atoms with Crippen molar-refractivity contribution in [3.05, 3.63) is 71.1 Å². The lowest BCUT2D eigenvalue weighted by Gasteiger charge is -2.25. The van der Waals surface area contributed by atoms with Crippen LogP contribution in [0.2, 0.25) is 0 Å². The van der Waals surface area contributed by atoms with Crippen LogP contribution in [-0.4, -0.2) is 23.5 Å². The molecule has 1 aliphatic heterocycles. The summed E-state index contributed by atoms with van der Waals surface area (Å²) in [5, 5.41) is 0. The fourth-order valence-corrected chi connectivity index (χ4v) is 4.00. The number of likely N-dealkylation sites (tertiary alicyclic amines) is 1. The SMILES string of the molecule is COc1ccccc1C1CCCN1Cc1nc(-c2ccccc2C)oc1C. The smallest absolute Gasteiger partial charge is 0.226 e. The molecule has 0 amide bonds. The topological polar surface area (TPSA) is 38.5 Å². The number of para-hydroxylation sites is 1. The molecular formula is C23H26N2O2. The molecule has 27 heavy (non-hydrogen) atoms. The maximum atomic E-state index is 6.02. The van der Waals surface area contributed by atoms with Gasteiger partial charge in [0.2, 0.25) is 5.89 Å². The van der Waals surface area contributed by atoms with Crippen molar-refractivity contribution in [1.29, 1.82) is 0 Å². The highest BCUT2D eigenvalue weighted by molar-refractivity contribution is 5.58. The normalized spacial score (nSPS) is 17.4.